The summed E-state index contributed by atoms with van der Waals surface area (Å²) in [5.41, 5.74) is 7.85. The summed E-state index contributed by atoms with van der Waals surface area (Å²) < 4.78 is 29.2. The van der Waals surface area contributed by atoms with Gasteiger partial charge in [-0.3, -0.25) is 9.78 Å². The van der Waals surface area contributed by atoms with E-state index >= 15 is 4.39 Å². The molecule has 0 aliphatic heterocycles. The summed E-state index contributed by atoms with van der Waals surface area (Å²) in [6.45, 7) is 0. The van der Waals surface area contributed by atoms with Crippen LogP contribution in [0.15, 0.2) is 30.5 Å². The molecular formula is C25H24ClF2N3O2. The number of benzene rings is 2. The molecule has 5 nitrogen and oxygen atoms in total. The number of ketones is 1. The Balaban J connectivity index is 1.66. The van der Waals surface area contributed by atoms with Gasteiger partial charge in [0.25, 0.3) is 0 Å². The molecule has 0 bridgehead atoms. The van der Waals surface area contributed by atoms with Gasteiger partial charge in [0.15, 0.2) is 17.3 Å². The fraction of sp³-hybridized carbons (Fsp3) is 0.360. The molecule has 0 amide bonds. The molecule has 2 aliphatic rings. The number of nitrogens with zero attached hydrogens (tertiary/aromatic N) is 1. The molecule has 8 heteroatoms. The Morgan fingerprint density at radius 3 is 2.45 bits per heavy atom. The largest absolute Gasteiger partial charge is 0.504 e. The van der Waals surface area contributed by atoms with Gasteiger partial charge in [0.2, 0.25) is 0 Å². The van der Waals surface area contributed by atoms with E-state index in [2.05, 4.69) is 10.3 Å². The van der Waals surface area contributed by atoms with Gasteiger partial charge in [-0.25, -0.2) is 8.78 Å². The van der Waals surface area contributed by atoms with Crippen molar-refractivity contribution in [2.24, 2.45) is 11.7 Å². The van der Waals surface area contributed by atoms with Crippen molar-refractivity contribution in [3.05, 3.63) is 52.7 Å². The van der Waals surface area contributed by atoms with Gasteiger partial charge in [-0.15, -0.1) is 0 Å². The SMILES string of the molecule is NC1CCC(Nc2c(C(=O)C3CC3)cnc3cc(F)c(-c4cc(F)c(O)c(Cl)c4)cc23)CC1. The summed E-state index contributed by atoms with van der Waals surface area (Å²) in [6, 6.07) is 5.51. The lowest BCUT2D eigenvalue weighted by Gasteiger charge is -2.29. The fourth-order valence-corrected chi connectivity index (χ4v) is 4.74. The van der Waals surface area contributed by atoms with Crippen molar-refractivity contribution in [1.82, 2.24) is 4.98 Å². The summed E-state index contributed by atoms with van der Waals surface area (Å²) >= 11 is 5.93. The predicted molar refractivity (Wildman–Crippen MR) is 125 cm³/mol. The normalized spacial score (nSPS) is 20.7. The molecule has 2 fully saturated rings. The maximum Gasteiger partial charge on any atom is 0.170 e. The highest BCUT2D eigenvalue weighted by Gasteiger charge is 2.33. The van der Waals surface area contributed by atoms with E-state index in [1.54, 1.807) is 6.07 Å². The van der Waals surface area contributed by atoms with Crippen molar-refractivity contribution in [1.29, 1.82) is 0 Å². The van der Waals surface area contributed by atoms with Crippen LogP contribution in [0.1, 0.15) is 48.9 Å². The summed E-state index contributed by atoms with van der Waals surface area (Å²) in [4.78, 5) is 17.4. The smallest absolute Gasteiger partial charge is 0.170 e. The summed E-state index contributed by atoms with van der Waals surface area (Å²) in [5, 5.41) is 13.5. The minimum atomic E-state index is -0.940. The first-order valence-corrected chi connectivity index (χ1v) is 11.6. The first kappa shape index (κ1) is 22.0. The Bertz CT molecular complexity index is 1230. The molecule has 2 aliphatic carbocycles. The Morgan fingerprint density at radius 2 is 1.79 bits per heavy atom. The standard InChI is InChI=1S/C25H24ClF2N3O2/c26-19-7-13(8-21(28)25(19)33)16-9-17-22(10-20(16)27)30-11-18(24(32)12-1-2-12)23(17)31-15-5-3-14(29)4-6-15/h7-12,14-15,33H,1-6,29H2,(H,30,31). The van der Waals surface area contributed by atoms with Gasteiger partial charge in [-0.05, 0) is 62.3 Å². The quantitative estimate of drug-likeness (QED) is 0.408. The minimum Gasteiger partial charge on any atom is -0.504 e. The molecule has 0 spiro atoms. The maximum absolute atomic E-state index is 15.0. The Hall–Kier alpha value is -2.77. The summed E-state index contributed by atoms with van der Waals surface area (Å²) in [7, 11) is 0. The van der Waals surface area contributed by atoms with Gasteiger partial charge in [-0.2, -0.15) is 0 Å². The molecule has 4 N–H and O–H groups in total. The third kappa shape index (κ3) is 4.27. The van der Waals surface area contributed by atoms with Gasteiger partial charge in [0.05, 0.1) is 21.8 Å². The summed E-state index contributed by atoms with van der Waals surface area (Å²) in [6.07, 6.45) is 6.75. The third-order valence-corrected chi connectivity index (χ3v) is 6.91. The molecule has 0 unspecified atom stereocenters. The van der Waals surface area contributed by atoms with Crippen LogP contribution >= 0.6 is 11.6 Å². The molecule has 0 radical (unpaired) electrons. The van der Waals surface area contributed by atoms with Crippen LogP contribution in [-0.2, 0) is 0 Å². The number of fused-ring (bicyclic) bond motifs is 1. The van der Waals surface area contributed by atoms with Gasteiger partial charge >= 0.3 is 0 Å². The van der Waals surface area contributed by atoms with Crippen molar-refractivity contribution in [3.8, 4) is 16.9 Å². The zero-order valence-corrected chi connectivity index (χ0v) is 18.6. The van der Waals surface area contributed by atoms with Crippen LogP contribution in [0.3, 0.4) is 0 Å². The third-order valence-electron chi connectivity index (χ3n) is 6.62. The number of carbonyl (C=O) groups is 1. The number of nitrogens with one attached hydrogen (secondary N) is 1. The van der Waals surface area contributed by atoms with Crippen LogP contribution in [-0.4, -0.2) is 28.0 Å². The van der Waals surface area contributed by atoms with Crippen LogP contribution < -0.4 is 11.1 Å². The number of phenolic OH excluding ortho intramolecular Hbond substituents is 1. The molecule has 172 valence electrons. The van der Waals surface area contributed by atoms with E-state index in [4.69, 9.17) is 17.3 Å². The number of hydrogen-bond acceptors (Lipinski definition) is 5. The van der Waals surface area contributed by atoms with Gasteiger partial charge in [0.1, 0.15) is 5.82 Å². The molecule has 1 aromatic heterocycles. The first-order valence-electron chi connectivity index (χ1n) is 11.2. The van der Waals surface area contributed by atoms with Crippen LogP contribution in [0.5, 0.6) is 5.75 Å². The topological polar surface area (TPSA) is 88.2 Å². The molecule has 5 rings (SSSR count). The number of phenols is 1. The number of halogens is 3. The Kier molecular flexibility index (Phi) is 5.70. The van der Waals surface area contributed by atoms with E-state index in [1.807, 2.05) is 0 Å². The van der Waals surface area contributed by atoms with E-state index in [-0.39, 0.29) is 39.9 Å². The average Bonchev–Trinajstić information content (AvgIpc) is 3.63. The second kappa shape index (κ2) is 8.54. The molecule has 0 atom stereocenters. The highest BCUT2D eigenvalue weighted by Crippen LogP contribution is 2.40. The van der Waals surface area contributed by atoms with E-state index in [0.717, 1.165) is 44.6 Å². The number of aromatic hydroxyl groups is 1. The Morgan fingerprint density at radius 1 is 1.06 bits per heavy atom. The van der Waals surface area contributed by atoms with Crippen LogP contribution in [0.25, 0.3) is 22.0 Å². The van der Waals surface area contributed by atoms with E-state index < -0.39 is 17.4 Å². The zero-order chi connectivity index (χ0) is 23.3. The van der Waals surface area contributed by atoms with Gasteiger partial charge in [0, 0.05) is 41.2 Å². The number of carbonyl (C=O) groups excluding carboxylic acids is 1. The number of pyridine rings is 1. The number of aromatic nitrogens is 1. The lowest BCUT2D eigenvalue weighted by Crippen LogP contribution is -2.33. The molecule has 2 aromatic carbocycles. The van der Waals surface area contributed by atoms with Crippen LogP contribution in [0, 0.1) is 17.6 Å². The summed E-state index contributed by atoms with van der Waals surface area (Å²) in [5.74, 6) is -2.20. The second-order valence-corrected chi connectivity index (χ2v) is 9.49. The maximum atomic E-state index is 15.0. The molecule has 3 aromatic rings. The lowest BCUT2D eigenvalue weighted by molar-refractivity contribution is 0.0968. The van der Waals surface area contributed by atoms with Crippen molar-refractivity contribution >= 4 is 34.0 Å². The van der Waals surface area contributed by atoms with E-state index in [0.29, 0.717) is 22.2 Å². The number of nitrogens with two attached hydrogens (primary N) is 1. The minimum absolute atomic E-state index is 0.00509. The number of Topliss-reactive ketones (excluding diaryl/α,β-unsaturated/α-hetero) is 1. The van der Waals surface area contributed by atoms with Gasteiger partial charge in [-0.1, -0.05) is 11.6 Å². The first-order chi connectivity index (χ1) is 15.8. The highest BCUT2D eigenvalue weighted by molar-refractivity contribution is 6.32. The molecular weight excluding hydrogens is 448 g/mol. The number of rotatable bonds is 5. The highest BCUT2D eigenvalue weighted by atomic mass is 35.5. The van der Waals surface area contributed by atoms with E-state index in [1.165, 1.54) is 18.3 Å². The molecule has 33 heavy (non-hydrogen) atoms. The monoisotopic (exact) mass is 471 g/mol. The van der Waals surface area contributed by atoms with Crippen LogP contribution in [0.4, 0.5) is 14.5 Å². The Labute approximate surface area is 195 Å². The second-order valence-electron chi connectivity index (χ2n) is 9.08. The molecule has 2 saturated carbocycles. The number of hydrogen-bond donors (Lipinski definition) is 3. The number of anilines is 1. The van der Waals surface area contributed by atoms with Gasteiger partial charge < -0.3 is 16.2 Å². The lowest BCUT2D eigenvalue weighted by atomic mass is 9.91. The average molecular weight is 472 g/mol. The zero-order valence-electron chi connectivity index (χ0n) is 17.9. The van der Waals surface area contributed by atoms with Crippen molar-refractivity contribution in [3.63, 3.8) is 0 Å². The van der Waals surface area contributed by atoms with Crippen molar-refractivity contribution in [2.75, 3.05) is 5.32 Å². The predicted octanol–water partition coefficient (Wildman–Crippen LogP) is 5.81. The van der Waals surface area contributed by atoms with Crippen molar-refractivity contribution < 1.29 is 18.7 Å². The molecule has 0 saturated heterocycles. The van der Waals surface area contributed by atoms with Crippen molar-refractivity contribution in [2.45, 2.75) is 50.6 Å². The molecule has 1 heterocycles. The van der Waals surface area contributed by atoms with Crippen LogP contribution in [0.2, 0.25) is 5.02 Å². The fourth-order valence-electron chi connectivity index (χ4n) is 4.53. The van der Waals surface area contributed by atoms with E-state index in [9.17, 15) is 14.3 Å².